The van der Waals surface area contributed by atoms with Gasteiger partial charge in [0.05, 0.1) is 7.11 Å². The van der Waals surface area contributed by atoms with Crippen LogP contribution in [-0.2, 0) is 4.74 Å². The van der Waals surface area contributed by atoms with Crippen molar-refractivity contribution in [2.75, 3.05) is 26.9 Å². The molecule has 1 unspecified atom stereocenters. The Kier molecular flexibility index (Phi) is 7.45. The quantitative estimate of drug-likeness (QED) is 0.698. The van der Waals surface area contributed by atoms with Crippen molar-refractivity contribution in [3.8, 4) is 5.75 Å². The topological polar surface area (TPSA) is 30.5 Å². The molecule has 0 amide bonds. The van der Waals surface area contributed by atoms with Crippen LogP contribution in [0.4, 0.5) is 4.39 Å². The van der Waals surface area contributed by atoms with E-state index in [0.29, 0.717) is 17.9 Å². The van der Waals surface area contributed by atoms with Gasteiger partial charge in [0.25, 0.3) is 0 Å². The highest BCUT2D eigenvalue weighted by Crippen LogP contribution is 2.27. The van der Waals surface area contributed by atoms with Gasteiger partial charge in [-0.15, -0.1) is 0 Å². The van der Waals surface area contributed by atoms with Gasteiger partial charge < -0.3 is 14.8 Å². The van der Waals surface area contributed by atoms with Crippen LogP contribution in [0.3, 0.4) is 0 Å². The van der Waals surface area contributed by atoms with Crippen LogP contribution in [0.15, 0.2) is 18.2 Å². The number of ether oxygens (including phenoxy) is 2. The molecule has 4 heteroatoms. The van der Waals surface area contributed by atoms with Crippen LogP contribution in [0.25, 0.3) is 0 Å². The minimum atomic E-state index is -0.271. The standard InChI is InChI=1S/C15H24FNO2/c1-4-17-13(9-7-11-19-5-2)12-8-6-10-14(18-3)15(12)16/h6,8,10,13,17H,4-5,7,9,11H2,1-3H3. The molecule has 108 valence electrons. The predicted molar refractivity (Wildman–Crippen MR) is 75.1 cm³/mol. The van der Waals surface area contributed by atoms with Gasteiger partial charge in [0, 0.05) is 24.8 Å². The highest BCUT2D eigenvalue weighted by molar-refractivity contribution is 5.33. The number of methoxy groups -OCH3 is 1. The van der Waals surface area contributed by atoms with Crippen LogP contribution in [0.1, 0.15) is 38.3 Å². The zero-order valence-corrected chi connectivity index (χ0v) is 12.0. The molecule has 0 aliphatic rings. The molecule has 1 atom stereocenters. The first-order valence-corrected chi connectivity index (χ1v) is 6.88. The number of nitrogens with one attached hydrogen (secondary N) is 1. The summed E-state index contributed by atoms with van der Waals surface area (Å²) < 4.78 is 24.6. The lowest BCUT2D eigenvalue weighted by Crippen LogP contribution is -2.22. The lowest BCUT2D eigenvalue weighted by atomic mass is 10.0. The van der Waals surface area contributed by atoms with Crippen molar-refractivity contribution < 1.29 is 13.9 Å². The second-order valence-corrected chi connectivity index (χ2v) is 4.31. The minimum Gasteiger partial charge on any atom is -0.494 e. The molecule has 3 nitrogen and oxygen atoms in total. The van der Waals surface area contributed by atoms with Gasteiger partial charge in [-0.3, -0.25) is 0 Å². The lowest BCUT2D eigenvalue weighted by Gasteiger charge is -2.20. The predicted octanol–water partition coefficient (Wildman–Crippen LogP) is 3.30. The van der Waals surface area contributed by atoms with Gasteiger partial charge >= 0.3 is 0 Å². The average Bonchev–Trinajstić information content (AvgIpc) is 2.43. The summed E-state index contributed by atoms with van der Waals surface area (Å²) in [5.41, 5.74) is 0.665. The third-order valence-corrected chi connectivity index (χ3v) is 3.02. The second-order valence-electron chi connectivity index (χ2n) is 4.31. The van der Waals surface area contributed by atoms with Gasteiger partial charge in [-0.05, 0) is 32.4 Å². The van der Waals surface area contributed by atoms with Crippen LogP contribution >= 0.6 is 0 Å². The summed E-state index contributed by atoms with van der Waals surface area (Å²) in [6, 6.07) is 5.28. The Bertz CT molecular complexity index is 371. The molecule has 1 rings (SSSR count). The third-order valence-electron chi connectivity index (χ3n) is 3.02. The van der Waals surface area contributed by atoms with E-state index in [1.54, 1.807) is 6.07 Å². The monoisotopic (exact) mass is 269 g/mol. The van der Waals surface area contributed by atoms with Crippen LogP contribution in [0.5, 0.6) is 5.75 Å². The lowest BCUT2D eigenvalue weighted by molar-refractivity contribution is 0.140. The molecule has 0 aromatic heterocycles. The molecule has 0 fully saturated rings. The van der Waals surface area contributed by atoms with Crippen LogP contribution in [-0.4, -0.2) is 26.9 Å². The van der Waals surface area contributed by atoms with Crippen molar-refractivity contribution in [2.24, 2.45) is 0 Å². The van der Waals surface area contributed by atoms with Gasteiger partial charge in [0.1, 0.15) is 0 Å². The first-order valence-electron chi connectivity index (χ1n) is 6.88. The Hall–Kier alpha value is -1.13. The van der Waals surface area contributed by atoms with E-state index in [1.807, 2.05) is 26.0 Å². The maximum Gasteiger partial charge on any atom is 0.169 e. The summed E-state index contributed by atoms with van der Waals surface area (Å²) in [4.78, 5) is 0. The molecule has 1 aromatic rings. The fraction of sp³-hybridized carbons (Fsp3) is 0.600. The molecule has 0 bridgehead atoms. The molecule has 0 aliphatic carbocycles. The minimum absolute atomic E-state index is 0.000515. The number of halogens is 1. The van der Waals surface area contributed by atoms with Gasteiger partial charge in [-0.1, -0.05) is 19.1 Å². The first-order chi connectivity index (χ1) is 9.24. The third kappa shape index (κ3) is 4.80. The molecule has 0 saturated heterocycles. The fourth-order valence-electron chi connectivity index (χ4n) is 2.10. The highest BCUT2D eigenvalue weighted by Gasteiger charge is 2.17. The van der Waals surface area contributed by atoms with Crippen LogP contribution in [0.2, 0.25) is 0 Å². The Morgan fingerprint density at radius 3 is 2.74 bits per heavy atom. The Morgan fingerprint density at radius 1 is 1.32 bits per heavy atom. The Morgan fingerprint density at radius 2 is 2.11 bits per heavy atom. The molecule has 1 N–H and O–H groups in total. The van der Waals surface area contributed by atoms with E-state index >= 15 is 0 Å². The number of benzene rings is 1. The van der Waals surface area contributed by atoms with E-state index in [1.165, 1.54) is 7.11 Å². The largest absolute Gasteiger partial charge is 0.494 e. The van der Waals surface area contributed by atoms with Crippen molar-refractivity contribution in [2.45, 2.75) is 32.7 Å². The van der Waals surface area contributed by atoms with E-state index in [-0.39, 0.29) is 11.9 Å². The average molecular weight is 269 g/mol. The van der Waals surface area contributed by atoms with E-state index in [0.717, 1.165) is 26.0 Å². The Balaban J connectivity index is 2.74. The van der Waals surface area contributed by atoms with Crippen molar-refractivity contribution in [3.05, 3.63) is 29.6 Å². The van der Waals surface area contributed by atoms with Crippen molar-refractivity contribution in [1.82, 2.24) is 5.32 Å². The van der Waals surface area contributed by atoms with Crippen molar-refractivity contribution >= 4 is 0 Å². The van der Waals surface area contributed by atoms with Crippen LogP contribution in [0, 0.1) is 5.82 Å². The molecule has 1 aromatic carbocycles. The summed E-state index contributed by atoms with van der Waals surface area (Å²) in [5.74, 6) is 0.0255. The number of hydrogen-bond donors (Lipinski definition) is 1. The van der Waals surface area contributed by atoms with Crippen LogP contribution < -0.4 is 10.1 Å². The molecule has 0 aliphatic heterocycles. The fourth-order valence-corrected chi connectivity index (χ4v) is 2.10. The van der Waals surface area contributed by atoms with E-state index in [9.17, 15) is 4.39 Å². The number of hydrogen-bond acceptors (Lipinski definition) is 3. The maximum absolute atomic E-state index is 14.2. The molecular weight excluding hydrogens is 245 g/mol. The van der Waals surface area contributed by atoms with Gasteiger partial charge in [0.2, 0.25) is 0 Å². The Labute approximate surface area is 115 Å². The zero-order chi connectivity index (χ0) is 14.1. The van der Waals surface area contributed by atoms with Gasteiger partial charge in [-0.2, -0.15) is 0 Å². The summed E-state index contributed by atoms with van der Waals surface area (Å²) in [5, 5.41) is 3.32. The summed E-state index contributed by atoms with van der Waals surface area (Å²) >= 11 is 0. The van der Waals surface area contributed by atoms with Gasteiger partial charge in [0.15, 0.2) is 11.6 Å². The highest BCUT2D eigenvalue weighted by atomic mass is 19.1. The first kappa shape index (κ1) is 15.9. The summed E-state index contributed by atoms with van der Waals surface area (Å²) in [6.45, 7) is 6.23. The molecule has 0 spiro atoms. The van der Waals surface area contributed by atoms with E-state index < -0.39 is 0 Å². The van der Waals surface area contributed by atoms with Gasteiger partial charge in [-0.25, -0.2) is 4.39 Å². The number of rotatable bonds is 9. The molecule has 0 radical (unpaired) electrons. The molecule has 19 heavy (non-hydrogen) atoms. The molecular formula is C15H24FNO2. The normalized spacial score (nSPS) is 12.4. The molecule has 0 heterocycles. The van der Waals surface area contributed by atoms with E-state index in [4.69, 9.17) is 9.47 Å². The smallest absolute Gasteiger partial charge is 0.169 e. The summed E-state index contributed by atoms with van der Waals surface area (Å²) in [7, 11) is 1.49. The van der Waals surface area contributed by atoms with Crippen molar-refractivity contribution in [3.63, 3.8) is 0 Å². The molecule has 0 saturated carbocycles. The second kappa shape index (κ2) is 8.88. The zero-order valence-electron chi connectivity index (χ0n) is 12.0. The maximum atomic E-state index is 14.2. The SMILES string of the molecule is CCNC(CCCOCC)c1cccc(OC)c1F. The van der Waals surface area contributed by atoms with Crippen molar-refractivity contribution in [1.29, 1.82) is 0 Å². The summed E-state index contributed by atoms with van der Waals surface area (Å²) in [6.07, 6.45) is 1.75. The van der Waals surface area contributed by atoms with E-state index in [2.05, 4.69) is 5.32 Å².